The van der Waals surface area contributed by atoms with Crippen LogP contribution in [0, 0.1) is 0 Å². The third-order valence-electron chi connectivity index (χ3n) is 3.20. The monoisotopic (exact) mass is 215 g/mol. The number of hydrogen-bond acceptors (Lipinski definition) is 3. The van der Waals surface area contributed by atoms with E-state index in [1.807, 2.05) is 0 Å². The van der Waals surface area contributed by atoms with Crippen molar-refractivity contribution in [1.29, 1.82) is 0 Å². The Kier molecular flexibility index (Phi) is 5.03. The van der Waals surface area contributed by atoms with E-state index in [0.29, 0.717) is 6.04 Å². The van der Waals surface area contributed by atoms with E-state index in [9.17, 15) is 0 Å². The minimum absolute atomic E-state index is 0.120. The molecule has 15 heavy (non-hydrogen) atoms. The number of methoxy groups -OCH3 is 2. The molecule has 0 aromatic rings. The summed E-state index contributed by atoms with van der Waals surface area (Å²) in [6, 6.07) is 0.626. The van der Waals surface area contributed by atoms with Crippen LogP contribution in [0.1, 0.15) is 46.0 Å². The maximum atomic E-state index is 5.32. The first-order valence-corrected chi connectivity index (χ1v) is 5.93. The SMILES string of the molecule is COC(OC)C(C)(C)NC1CCCCC1. The fraction of sp³-hybridized carbons (Fsp3) is 1.00. The van der Waals surface area contributed by atoms with E-state index in [0.717, 1.165) is 0 Å². The lowest BCUT2D eigenvalue weighted by Gasteiger charge is -2.38. The number of rotatable bonds is 5. The maximum Gasteiger partial charge on any atom is 0.174 e. The number of nitrogens with one attached hydrogen (secondary N) is 1. The van der Waals surface area contributed by atoms with Crippen molar-refractivity contribution in [3.63, 3.8) is 0 Å². The Labute approximate surface area is 93.5 Å². The molecule has 0 aromatic carbocycles. The van der Waals surface area contributed by atoms with Crippen LogP contribution in [0.2, 0.25) is 0 Å². The van der Waals surface area contributed by atoms with Gasteiger partial charge in [-0.05, 0) is 26.7 Å². The first-order valence-electron chi connectivity index (χ1n) is 5.93. The van der Waals surface area contributed by atoms with Gasteiger partial charge in [0.25, 0.3) is 0 Å². The van der Waals surface area contributed by atoms with Crippen molar-refractivity contribution in [1.82, 2.24) is 5.32 Å². The van der Waals surface area contributed by atoms with Gasteiger partial charge in [0.1, 0.15) is 0 Å². The second kappa shape index (κ2) is 5.83. The molecule has 0 heterocycles. The summed E-state index contributed by atoms with van der Waals surface area (Å²) in [5.74, 6) is 0. The van der Waals surface area contributed by atoms with E-state index in [-0.39, 0.29) is 11.8 Å². The van der Waals surface area contributed by atoms with Crippen molar-refractivity contribution < 1.29 is 9.47 Å². The topological polar surface area (TPSA) is 30.5 Å². The van der Waals surface area contributed by atoms with Crippen LogP contribution in [0.5, 0.6) is 0 Å². The highest BCUT2D eigenvalue weighted by Crippen LogP contribution is 2.22. The largest absolute Gasteiger partial charge is 0.354 e. The molecule has 3 heteroatoms. The van der Waals surface area contributed by atoms with Gasteiger partial charge < -0.3 is 14.8 Å². The molecule has 0 saturated heterocycles. The Morgan fingerprint density at radius 1 is 1.07 bits per heavy atom. The molecule has 1 fully saturated rings. The Morgan fingerprint density at radius 3 is 2.07 bits per heavy atom. The molecule has 0 amide bonds. The summed E-state index contributed by atoms with van der Waals surface area (Å²) in [4.78, 5) is 0. The van der Waals surface area contributed by atoms with Gasteiger partial charge in [0, 0.05) is 20.3 Å². The molecule has 0 radical (unpaired) electrons. The lowest BCUT2D eigenvalue weighted by molar-refractivity contribution is -0.149. The fourth-order valence-corrected chi connectivity index (χ4v) is 2.53. The van der Waals surface area contributed by atoms with E-state index < -0.39 is 0 Å². The van der Waals surface area contributed by atoms with E-state index in [4.69, 9.17) is 9.47 Å². The fourth-order valence-electron chi connectivity index (χ4n) is 2.53. The van der Waals surface area contributed by atoms with Crippen LogP contribution in [0.4, 0.5) is 0 Å². The van der Waals surface area contributed by atoms with Crippen molar-refractivity contribution in [3.8, 4) is 0 Å². The summed E-state index contributed by atoms with van der Waals surface area (Å²) >= 11 is 0. The van der Waals surface area contributed by atoms with Crippen LogP contribution in [-0.4, -0.2) is 32.1 Å². The molecule has 1 rings (SSSR count). The van der Waals surface area contributed by atoms with Crippen LogP contribution in [-0.2, 0) is 9.47 Å². The molecule has 3 nitrogen and oxygen atoms in total. The van der Waals surface area contributed by atoms with Gasteiger partial charge in [-0.25, -0.2) is 0 Å². The van der Waals surface area contributed by atoms with Gasteiger partial charge in [-0.3, -0.25) is 0 Å². The molecule has 0 atom stereocenters. The summed E-state index contributed by atoms with van der Waals surface area (Å²) in [6.07, 6.45) is 6.46. The first kappa shape index (κ1) is 12.9. The molecular formula is C12H25NO2. The lowest BCUT2D eigenvalue weighted by Crippen LogP contribution is -2.55. The van der Waals surface area contributed by atoms with E-state index in [2.05, 4.69) is 19.2 Å². The molecule has 0 bridgehead atoms. The molecule has 1 aliphatic rings. The third kappa shape index (κ3) is 3.74. The highest BCUT2D eigenvalue weighted by atomic mass is 16.7. The third-order valence-corrected chi connectivity index (χ3v) is 3.20. The Hall–Kier alpha value is -0.120. The smallest absolute Gasteiger partial charge is 0.174 e. The second-order valence-electron chi connectivity index (χ2n) is 5.00. The van der Waals surface area contributed by atoms with Gasteiger partial charge in [-0.2, -0.15) is 0 Å². The van der Waals surface area contributed by atoms with Crippen molar-refractivity contribution in [2.24, 2.45) is 0 Å². The van der Waals surface area contributed by atoms with Crippen molar-refractivity contribution >= 4 is 0 Å². The van der Waals surface area contributed by atoms with Gasteiger partial charge in [-0.15, -0.1) is 0 Å². The zero-order valence-corrected chi connectivity index (χ0v) is 10.5. The molecule has 0 spiro atoms. The Balaban J connectivity index is 2.45. The van der Waals surface area contributed by atoms with E-state index in [1.165, 1.54) is 32.1 Å². The summed E-state index contributed by atoms with van der Waals surface area (Å²) in [5, 5.41) is 3.65. The first-order chi connectivity index (χ1) is 7.10. The molecule has 1 aliphatic carbocycles. The minimum Gasteiger partial charge on any atom is -0.354 e. The molecule has 1 saturated carbocycles. The van der Waals surface area contributed by atoms with Gasteiger partial charge in [0.2, 0.25) is 0 Å². The molecule has 0 unspecified atom stereocenters. The zero-order valence-electron chi connectivity index (χ0n) is 10.5. The summed E-state index contributed by atoms with van der Waals surface area (Å²) in [6.45, 7) is 4.28. The second-order valence-corrected chi connectivity index (χ2v) is 5.00. The number of ether oxygens (including phenoxy) is 2. The van der Waals surface area contributed by atoms with E-state index >= 15 is 0 Å². The zero-order chi connectivity index (χ0) is 11.3. The predicted molar refractivity (Wildman–Crippen MR) is 61.9 cm³/mol. The highest BCUT2D eigenvalue weighted by Gasteiger charge is 2.32. The summed E-state index contributed by atoms with van der Waals surface area (Å²) in [7, 11) is 3.39. The van der Waals surface area contributed by atoms with Crippen LogP contribution < -0.4 is 5.32 Å². The maximum absolute atomic E-state index is 5.32. The highest BCUT2D eigenvalue weighted by molar-refractivity contribution is 4.86. The van der Waals surface area contributed by atoms with Crippen molar-refractivity contribution in [3.05, 3.63) is 0 Å². The average Bonchev–Trinajstić information content (AvgIpc) is 2.19. The van der Waals surface area contributed by atoms with Crippen LogP contribution >= 0.6 is 0 Å². The average molecular weight is 215 g/mol. The normalized spacial score (nSPS) is 19.8. The van der Waals surface area contributed by atoms with Gasteiger partial charge >= 0.3 is 0 Å². The van der Waals surface area contributed by atoms with Gasteiger partial charge in [0.05, 0.1) is 5.54 Å². The van der Waals surface area contributed by atoms with Crippen molar-refractivity contribution in [2.75, 3.05) is 14.2 Å². The molecule has 0 aliphatic heterocycles. The van der Waals surface area contributed by atoms with Crippen molar-refractivity contribution in [2.45, 2.75) is 63.8 Å². The Bertz CT molecular complexity index is 172. The van der Waals surface area contributed by atoms with E-state index in [1.54, 1.807) is 14.2 Å². The summed E-state index contributed by atoms with van der Waals surface area (Å²) < 4.78 is 10.6. The van der Waals surface area contributed by atoms with Gasteiger partial charge in [-0.1, -0.05) is 19.3 Å². The van der Waals surface area contributed by atoms with Crippen LogP contribution in [0.25, 0.3) is 0 Å². The van der Waals surface area contributed by atoms with Gasteiger partial charge in [0.15, 0.2) is 6.29 Å². The lowest BCUT2D eigenvalue weighted by atomic mass is 9.92. The minimum atomic E-state index is -0.181. The Morgan fingerprint density at radius 2 is 1.60 bits per heavy atom. The molecule has 1 N–H and O–H groups in total. The molecule has 90 valence electrons. The molecular weight excluding hydrogens is 190 g/mol. The van der Waals surface area contributed by atoms with Crippen LogP contribution in [0.15, 0.2) is 0 Å². The summed E-state index contributed by atoms with van der Waals surface area (Å²) in [5.41, 5.74) is -0.120. The molecule has 0 aromatic heterocycles. The van der Waals surface area contributed by atoms with Crippen LogP contribution in [0.3, 0.4) is 0 Å². The predicted octanol–water partition coefficient (Wildman–Crippen LogP) is 2.31. The number of hydrogen-bond donors (Lipinski definition) is 1. The standard InChI is InChI=1S/C12H25NO2/c1-12(2,11(14-3)15-4)13-10-8-6-5-7-9-10/h10-11,13H,5-9H2,1-4H3. The quantitative estimate of drug-likeness (QED) is 0.714.